The highest BCUT2D eigenvalue weighted by molar-refractivity contribution is 5.37. The zero-order chi connectivity index (χ0) is 8.97. The maximum Gasteiger partial charge on any atom is 0.131 e. The number of nitrogens with zero attached hydrogens (tertiary/aromatic N) is 3. The zero-order valence-corrected chi connectivity index (χ0v) is 7.32. The summed E-state index contributed by atoms with van der Waals surface area (Å²) in [5, 5.41) is 10.8. The van der Waals surface area contributed by atoms with Gasteiger partial charge in [-0.1, -0.05) is 0 Å². The quantitative estimate of drug-likeness (QED) is 0.652. The Balaban J connectivity index is 2.85. The Kier molecular flexibility index (Phi) is 2.85. The monoisotopic (exact) mass is 166 g/mol. The molecular formula is C8H12N3O-. The Morgan fingerprint density at radius 2 is 2.08 bits per heavy atom. The van der Waals surface area contributed by atoms with Gasteiger partial charge in [-0.05, 0) is 19.9 Å². The Hall–Kier alpha value is -1.32. The molecule has 0 unspecified atom stereocenters. The predicted molar refractivity (Wildman–Crippen MR) is 45.0 cm³/mol. The van der Waals surface area contributed by atoms with Crippen molar-refractivity contribution >= 4 is 5.82 Å². The summed E-state index contributed by atoms with van der Waals surface area (Å²) in [6, 6.07) is 1.33. The fourth-order valence-corrected chi connectivity index (χ4v) is 1.06. The highest BCUT2D eigenvalue weighted by Crippen LogP contribution is 2.09. The fourth-order valence-electron chi connectivity index (χ4n) is 1.06. The van der Waals surface area contributed by atoms with Gasteiger partial charge in [0, 0.05) is 19.3 Å². The average molecular weight is 166 g/mol. The molecule has 4 nitrogen and oxygen atoms in total. The standard InChI is InChI=1S/C8H13N3O/c1-3-11(4-2)7-5-6-9-8(12)10-7/h5-6H,3-4H2,1-2H3,(H,9,10,12)/p-1. The van der Waals surface area contributed by atoms with Crippen LogP contribution in [0.15, 0.2) is 12.3 Å². The van der Waals surface area contributed by atoms with Crippen LogP contribution in [0, 0.1) is 0 Å². The molecule has 0 spiro atoms. The molecule has 12 heavy (non-hydrogen) atoms. The molecule has 1 aromatic heterocycles. The summed E-state index contributed by atoms with van der Waals surface area (Å²) >= 11 is 0. The van der Waals surface area contributed by atoms with Gasteiger partial charge in [0.25, 0.3) is 0 Å². The van der Waals surface area contributed by atoms with E-state index in [4.69, 9.17) is 0 Å². The molecule has 0 bridgehead atoms. The summed E-state index contributed by atoms with van der Waals surface area (Å²) in [6.45, 7) is 5.76. The van der Waals surface area contributed by atoms with Gasteiger partial charge in [0.05, 0.1) is 6.01 Å². The lowest BCUT2D eigenvalue weighted by Crippen LogP contribution is -2.23. The molecule has 0 N–H and O–H groups in total. The normalized spacial score (nSPS) is 9.83. The van der Waals surface area contributed by atoms with E-state index in [-0.39, 0.29) is 0 Å². The maximum absolute atomic E-state index is 10.8. The van der Waals surface area contributed by atoms with Crippen molar-refractivity contribution in [3.8, 4) is 6.01 Å². The Morgan fingerprint density at radius 1 is 1.42 bits per heavy atom. The number of anilines is 1. The van der Waals surface area contributed by atoms with Crippen molar-refractivity contribution < 1.29 is 5.11 Å². The summed E-state index contributed by atoms with van der Waals surface area (Å²) in [5.41, 5.74) is 0. The van der Waals surface area contributed by atoms with Crippen LogP contribution in [-0.4, -0.2) is 23.1 Å². The number of hydrogen-bond donors (Lipinski definition) is 0. The smallest absolute Gasteiger partial charge is 0.131 e. The molecule has 0 amide bonds. The van der Waals surface area contributed by atoms with E-state index in [1.807, 2.05) is 18.7 Å². The summed E-state index contributed by atoms with van der Waals surface area (Å²) in [4.78, 5) is 9.27. The molecule has 0 saturated carbocycles. The first kappa shape index (κ1) is 8.77. The second-order valence-corrected chi connectivity index (χ2v) is 2.37. The van der Waals surface area contributed by atoms with Crippen molar-refractivity contribution in [2.24, 2.45) is 0 Å². The van der Waals surface area contributed by atoms with Gasteiger partial charge in [-0.15, -0.1) is 0 Å². The first-order chi connectivity index (χ1) is 5.77. The number of rotatable bonds is 3. The van der Waals surface area contributed by atoms with Crippen LogP contribution in [0.1, 0.15) is 13.8 Å². The van der Waals surface area contributed by atoms with E-state index in [0.717, 1.165) is 13.1 Å². The second kappa shape index (κ2) is 3.90. The summed E-state index contributed by atoms with van der Waals surface area (Å²) < 4.78 is 0. The SMILES string of the molecule is CCN(CC)c1ccnc([O-])n1. The van der Waals surface area contributed by atoms with E-state index in [1.54, 1.807) is 6.07 Å². The maximum atomic E-state index is 10.8. The Labute approximate surface area is 71.9 Å². The molecule has 1 heterocycles. The van der Waals surface area contributed by atoms with Gasteiger partial charge in [0.2, 0.25) is 0 Å². The minimum absolute atomic E-state index is 0.417. The first-order valence-electron chi connectivity index (χ1n) is 4.03. The molecule has 0 atom stereocenters. The topological polar surface area (TPSA) is 52.1 Å². The average Bonchev–Trinajstić information content (AvgIpc) is 2.07. The largest absolute Gasteiger partial charge is 0.844 e. The lowest BCUT2D eigenvalue weighted by molar-refractivity contribution is -0.281. The predicted octanol–water partition coefficient (Wildman–Crippen LogP) is 0.396. The minimum Gasteiger partial charge on any atom is -0.844 e. The highest BCUT2D eigenvalue weighted by atomic mass is 16.3. The van der Waals surface area contributed by atoms with Crippen LogP contribution in [0.4, 0.5) is 5.82 Å². The third-order valence-corrected chi connectivity index (χ3v) is 1.71. The second-order valence-electron chi connectivity index (χ2n) is 2.37. The Morgan fingerprint density at radius 3 is 2.58 bits per heavy atom. The molecule has 0 saturated heterocycles. The van der Waals surface area contributed by atoms with Gasteiger partial charge in [0.1, 0.15) is 5.82 Å². The van der Waals surface area contributed by atoms with Crippen LogP contribution in [0.3, 0.4) is 0 Å². The Bertz CT molecular complexity index is 248. The molecule has 0 aliphatic heterocycles. The molecule has 0 aromatic carbocycles. The molecule has 4 heteroatoms. The van der Waals surface area contributed by atoms with E-state index >= 15 is 0 Å². The van der Waals surface area contributed by atoms with Crippen molar-refractivity contribution in [2.75, 3.05) is 18.0 Å². The number of aromatic nitrogens is 2. The zero-order valence-electron chi connectivity index (χ0n) is 7.32. The van der Waals surface area contributed by atoms with Crippen LogP contribution in [0.2, 0.25) is 0 Å². The van der Waals surface area contributed by atoms with E-state index < -0.39 is 6.01 Å². The molecular weight excluding hydrogens is 154 g/mol. The molecule has 0 aliphatic rings. The van der Waals surface area contributed by atoms with Crippen LogP contribution in [0.5, 0.6) is 6.01 Å². The van der Waals surface area contributed by atoms with Gasteiger partial charge in [-0.3, -0.25) is 4.98 Å². The summed E-state index contributed by atoms with van der Waals surface area (Å²) in [5.74, 6) is 0.708. The van der Waals surface area contributed by atoms with Crippen LogP contribution < -0.4 is 10.0 Å². The van der Waals surface area contributed by atoms with E-state index in [1.165, 1.54) is 6.20 Å². The third kappa shape index (κ3) is 1.84. The van der Waals surface area contributed by atoms with E-state index in [9.17, 15) is 5.11 Å². The third-order valence-electron chi connectivity index (χ3n) is 1.71. The molecule has 0 aliphatic carbocycles. The van der Waals surface area contributed by atoms with Crippen molar-refractivity contribution in [1.82, 2.24) is 9.97 Å². The summed E-state index contributed by atoms with van der Waals surface area (Å²) in [7, 11) is 0. The van der Waals surface area contributed by atoms with Gasteiger partial charge < -0.3 is 10.0 Å². The van der Waals surface area contributed by atoms with Crippen LogP contribution in [0.25, 0.3) is 0 Å². The van der Waals surface area contributed by atoms with Gasteiger partial charge in [-0.2, -0.15) is 0 Å². The van der Waals surface area contributed by atoms with Gasteiger partial charge in [0.15, 0.2) is 0 Å². The van der Waals surface area contributed by atoms with Gasteiger partial charge in [-0.25, -0.2) is 4.98 Å². The summed E-state index contributed by atoms with van der Waals surface area (Å²) in [6.07, 6.45) is 1.49. The van der Waals surface area contributed by atoms with Crippen LogP contribution >= 0.6 is 0 Å². The first-order valence-corrected chi connectivity index (χ1v) is 4.03. The van der Waals surface area contributed by atoms with Crippen molar-refractivity contribution in [2.45, 2.75) is 13.8 Å². The lowest BCUT2D eigenvalue weighted by Gasteiger charge is -2.20. The lowest BCUT2D eigenvalue weighted by atomic mass is 10.4. The van der Waals surface area contributed by atoms with Crippen molar-refractivity contribution in [1.29, 1.82) is 0 Å². The molecule has 0 fully saturated rings. The molecule has 1 rings (SSSR count). The van der Waals surface area contributed by atoms with Crippen molar-refractivity contribution in [3.05, 3.63) is 12.3 Å². The highest BCUT2D eigenvalue weighted by Gasteiger charge is 2.00. The molecule has 0 radical (unpaired) electrons. The van der Waals surface area contributed by atoms with Crippen molar-refractivity contribution in [3.63, 3.8) is 0 Å². The molecule has 1 aromatic rings. The molecule has 66 valence electrons. The van der Waals surface area contributed by atoms with E-state index in [0.29, 0.717) is 5.82 Å². The van der Waals surface area contributed by atoms with Gasteiger partial charge >= 0.3 is 0 Å². The fraction of sp³-hybridized carbons (Fsp3) is 0.500. The minimum atomic E-state index is -0.417. The van der Waals surface area contributed by atoms with E-state index in [2.05, 4.69) is 9.97 Å². The van der Waals surface area contributed by atoms with Crippen LogP contribution in [-0.2, 0) is 0 Å². The number of hydrogen-bond acceptors (Lipinski definition) is 4.